The van der Waals surface area contributed by atoms with E-state index in [9.17, 15) is 9.18 Å². The Balaban J connectivity index is 1.53. The summed E-state index contributed by atoms with van der Waals surface area (Å²) in [4.78, 5) is 16.3. The molecule has 1 aliphatic carbocycles. The van der Waals surface area contributed by atoms with E-state index in [0.29, 0.717) is 49.8 Å². The molecule has 1 heterocycles. The molecule has 1 aromatic rings. The van der Waals surface area contributed by atoms with Crippen LogP contribution in [0.4, 0.5) is 10.1 Å². The Kier molecular flexibility index (Phi) is 5.34. The van der Waals surface area contributed by atoms with Gasteiger partial charge in [-0.05, 0) is 37.0 Å². The number of halogens is 1. The quantitative estimate of drug-likeness (QED) is 0.855. The van der Waals surface area contributed by atoms with E-state index in [1.807, 2.05) is 15.9 Å². The van der Waals surface area contributed by atoms with Gasteiger partial charge in [0, 0.05) is 32.6 Å². The molecule has 0 unspecified atom stereocenters. The summed E-state index contributed by atoms with van der Waals surface area (Å²) in [5.74, 6) is 0.443. The molecule has 0 radical (unpaired) electrons. The maximum atomic E-state index is 14.1. The van der Waals surface area contributed by atoms with Crippen LogP contribution < -0.4 is 4.90 Å². The topological polar surface area (TPSA) is 47.3 Å². The first-order chi connectivity index (χ1) is 11.7. The summed E-state index contributed by atoms with van der Waals surface area (Å²) in [6.45, 7) is 2.56. The van der Waals surface area contributed by atoms with E-state index in [4.69, 9.17) is 5.26 Å². The summed E-state index contributed by atoms with van der Waals surface area (Å²) >= 11 is 0. The molecule has 0 N–H and O–H groups in total. The molecule has 2 fully saturated rings. The first-order valence-electron chi connectivity index (χ1n) is 8.90. The van der Waals surface area contributed by atoms with Crippen LogP contribution in [0.15, 0.2) is 18.2 Å². The van der Waals surface area contributed by atoms with E-state index in [-0.39, 0.29) is 11.7 Å². The first kappa shape index (κ1) is 16.8. The predicted octanol–water partition coefficient (Wildman–Crippen LogP) is 3.32. The van der Waals surface area contributed by atoms with E-state index in [1.165, 1.54) is 38.2 Å². The molecule has 4 nitrogen and oxygen atoms in total. The van der Waals surface area contributed by atoms with Crippen molar-refractivity contribution >= 4 is 11.6 Å². The number of nitrogens with zero attached hydrogens (tertiary/aromatic N) is 3. The second-order valence-corrected chi connectivity index (χ2v) is 6.85. The van der Waals surface area contributed by atoms with E-state index >= 15 is 0 Å². The van der Waals surface area contributed by atoms with E-state index in [1.54, 1.807) is 12.1 Å². The highest BCUT2D eigenvalue weighted by Gasteiger charge is 2.25. The summed E-state index contributed by atoms with van der Waals surface area (Å²) < 4.78 is 14.1. The number of carbonyl (C=O) groups excluding carboxylic acids is 1. The Morgan fingerprint density at radius 3 is 2.50 bits per heavy atom. The highest BCUT2D eigenvalue weighted by atomic mass is 19.1. The van der Waals surface area contributed by atoms with Crippen LogP contribution in [-0.2, 0) is 4.79 Å². The van der Waals surface area contributed by atoms with Gasteiger partial charge < -0.3 is 9.80 Å². The Morgan fingerprint density at radius 2 is 1.88 bits per heavy atom. The minimum atomic E-state index is -0.365. The molecule has 0 atom stereocenters. The fourth-order valence-electron chi connectivity index (χ4n) is 3.80. The normalized spacial score (nSPS) is 19.2. The molecule has 24 heavy (non-hydrogen) atoms. The molecule has 5 heteroatoms. The average Bonchev–Trinajstić information content (AvgIpc) is 2.62. The monoisotopic (exact) mass is 329 g/mol. The van der Waals surface area contributed by atoms with Gasteiger partial charge in [0.2, 0.25) is 5.91 Å². The number of anilines is 1. The van der Waals surface area contributed by atoms with Crippen molar-refractivity contribution < 1.29 is 9.18 Å². The number of benzene rings is 1. The number of rotatable bonds is 3. The summed E-state index contributed by atoms with van der Waals surface area (Å²) in [6.07, 6.45) is 6.85. The lowest BCUT2D eigenvalue weighted by Crippen LogP contribution is -2.49. The van der Waals surface area contributed by atoms with Crippen LogP contribution in [0.1, 0.15) is 44.1 Å². The first-order valence-corrected chi connectivity index (χ1v) is 8.90. The molecule has 1 aliphatic heterocycles. The fraction of sp³-hybridized carbons (Fsp3) is 0.579. The van der Waals surface area contributed by atoms with Crippen LogP contribution in [-0.4, -0.2) is 37.0 Å². The largest absolute Gasteiger partial charge is 0.366 e. The summed E-state index contributed by atoms with van der Waals surface area (Å²) in [6, 6.07) is 6.52. The van der Waals surface area contributed by atoms with Crippen molar-refractivity contribution in [3.05, 3.63) is 29.6 Å². The molecule has 2 aliphatic rings. The minimum absolute atomic E-state index is 0.252. The van der Waals surface area contributed by atoms with Gasteiger partial charge in [-0.1, -0.05) is 19.3 Å². The van der Waals surface area contributed by atoms with E-state index in [0.717, 1.165) is 0 Å². The number of amides is 1. The molecule has 0 aromatic heterocycles. The Morgan fingerprint density at radius 1 is 1.17 bits per heavy atom. The molecule has 1 amide bonds. The van der Waals surface area contributed by atoms with Crippen LogP contribution in [0.3, 0.4) is 0 Å². The van der Waals surface area contributed by atoms with Crippen molar-refractivity contribution in [3.8, 4) is 6.07 Å². The Hall–Kier alpha value is -2.09. The summed E-state index contributed by atoms with van der Waals surface area (Å²) in [7, 11) is 0. The van der Waals surface area contributed by atoms with Crippen LogP contribution in [0.25, 0.3) is 0 Å². The Labute approximate surface area is 142 Å². The van der Waals surface area contributed by atoms with Crippen molar-refractivity contribution in [2.45, 2.75) is 38.5 Å². The molecular weight excluding hydrogens is 305 g/mol. The second kappa shape index (κ2) is 7.65. The van der Waals surface area contributed by atoms with Crippen LogP contribution in [0, 0.1) is 23.1 Å². The number of hydrogen-bond acceptors (Lipinski definition) is 3. The lowest BCUT2D eigenvalue weighted by molar-refractivity contribution is -0.132. The second-order valence-electron chi connectivity index (χ2n) is 6.85. The number of carbonyl (C=O) groups is 1. The maximum absolute atomic E-state index is 14.1. The maximum Gasteiger partial charge on any atom is 0.222 e. The molecule has 1 aromatic carbocycles. The molecule has 128 valence electrons. The molecular formula is C19H24FN3O. The summed E-state index contributed by atoms with van der Waals surface area (Å²) in [5, 5.41) is 8.82. The highest BCUT2D eigenvalue weighted by Crippen LogP contribution is 2.27. The van der Waals surface area contributed by atoms with Gasteiger partial charge >= 0.3 is 0 Å². The van der Waals surface area contributed by atoms with Crippen LogP contribution >= 0.6 is 0 Å². The highest BCUT2D eigenvalue weighted by molar-refractivity contribution is 5.76. The van der Waals surface area contributed by atoms with Gasteiger partial charge in [-0.25, -0.2) is 4.39 Å². The number of hydrogen-bond donors (Lipinski definition) is 0. The van der Waals surface area contributed by atoms with Crippen LogP contribution in [0.5, 0.6) is 0 Å². The standard InChI is InChI=1S/C19H24FN3O/c20-17-12-16(14-21)6-7-18(17)22-8-10-23(11-9-22)19(24)13-15-4-2-1-3-5-15/h6-7,12,15H,1-5,8-11,13H2. The number of piperazine rings is 1. The molecule has 0 spiro atoms. The van der Waals surface area contributed by atoms with E-state index < -0.39 is 0 Å². The van der Waals surface area contributed by atoms with Gasteiger partial charge in [0.05, 0.1) is 17.3 Å². The van der Waals surface area contributed by atoms with Gasteiger partial charge in [0.15, 0.2) is 0 Å². The minimum Gasteiger partial charge on any atom is -0.366 e. The van der Waals surface area contributed by atoms with Gasteiger partial charge in [0.25, 0.3) is 0 Å². The molecule has 1 saturated carbocycles. The average molecular weight is 329 g/mol. The van der Waals surface area contributed by atoms with Crippen molar-refractivity contribution in [1.82, 2.24) is 4.90 Å². The molecule has 3 rings (SSSR count). The third-order valence-corrected chi connectivity index (χ3v) is 5.24. The van der Waals surface area contributed by atoms with Crippen LogP contribution in [0.2, 0.25) is 0 Å². The zero-order valence-corrected chi connectivity index (χ0v) is 14.0. The zero-order chi connectivity index (χ0) is 16.9. The van der Waals surface area contributed by atoms with Crippen molar-refractivity contribution in [3.63, 3.8) is 0 Å². The SMILES string of the molecule is N#Cc1ccc(N2CCN(C(=O)CC3CCCCC3)CC2)c(F)c1. The number of nitriles is 1. The van der Waals surface area contributed by atoms with Gasteiger partial charge in [-0.3, -0.25) is 4.79 Å². The molecule has 1 saturated heterocycles. The van der Waals surface area contributed by atoms with Gasteiger partial charge in [-0.15, -0.1) is 0 Å². The van der Waals surface area contributed by atoms with Gasteiger partial charge in [-0.2, -0.15) is 5.26 Å². The zero-order valence-electron chi connectivity index (χ0n) is 14.0. The van der Waals surface area contributed by atoms with Crippen molar-refractivity contribution in [1.29, 1.82) is 5.26 Å². The van der Waals surface area contributed by atoms with Crippen molar-refractivity contribution in [2.75, 3.05) is 31.1 Å². The van der Waals surface area contributed by atoms with Crippen molar-refractivity contribution in [2.24, 2.45) is 5.92 Å². The van der Waals surface area contributed by atoms with Gasteiger partial charge in [0.1, 0.15) is 5.82 Å². The smallest absolute Gasteiger partial charge is 0.222 e. The summed E-state index contributed by atoms with van der Waals surface area (Å²) in [5.41, 5.74) is 0.853. The third-order valence-electron chi connectivity index (χ3n) is 5.24. The third kappa shape index (κ3) is 3.87. The predicted molar refractivity (Wildman–Crippen MR) is 91.1 cm³/mol. The molecule has 0 bridgehead atoms. The Bertz CT molecular complexity index is 626. The lowest BCUT2D eigenvalue weighted by Gasteiger charge is -2.37. The lowest BCUT2D eigenvalue weighted by atomic mass is 9.86. The van der Waals surface area contributed by atoms with E-state index in [2.05, 4.69) is 0 Å². The fourth-order valence-corrected chi connectivity index (χ4v) is 3.80.